The van der Waals surface area contributed by atoms with E-state index in [1.165, 1.54) is 24.2 Å². The highest BCUT2D eigenvalue weighted by Gasteiger charge is 2.41. The zero-order valence-electron chi connectivity index (χ0n) is 9.62. The Balaban J connectivity index is 1.66. The van der Waals surface area contributed by atoms with Crippen molar-refractivity contribution in [1.29, 1.82) is 0 Å². The van der Waals surface area contributed by atoms with E-state index in [1.807, 2.05) is 6.07 Å². The van der Waals surface area contributed by atoms with Crippen molar-refractivity contribution in [2.45, 2.75) is 31.4 Å². The van der Waals surface area contributed by atoms with Crippen LogP contribution in [-0.2, 0) is 4.74 Å². The summed E-state index contributed by atoms with van der Waals surface area (Å²) in [6, 6.07) is 2.04. The van der Waals surface area contributed by atoms with Crippen molar-refractivity contribution in [2.75, 3.05) is 6.61 Å². The number of halogens is 2. The third-order valence-electron chi connectivity index (χ3n) is 3.41. The Morgan fingerprint density at radius 3 is 2.78 bits per heavy atom. The molecule has 1 aromatic rings. The molecule has 2 aliphatic rings. The second-order valence-electron chi connectivity index (χ2n) is 4.77. The largest absolute Gasteiger partial charge is 0.376 e. The lowest BCUT2D eigenvalue weighted by Crippen LogP contribution is -2.41. The zero-order chi connectivity index (χ0) is 12.7. The molecule has 0 radical (unpaired) electrons. The van der Waals surface area contributed by atoms with Crippen molar-refractivity contribution >= 4 is 49.1 Å². The van der Waals surface area contributed by atoms with Gasteiger partial charge in [0.05, 0.1) is 20.8 Å². The first-order chi connectivity index (χ1) is 8.65. The quantitative estimate of drug-likeness (QED) is 0.850. The molecule has 3 nitrogen and oxygen atoms in total. The van der Waals surface area contributed by atoms with E-state index in [1.54, 1.807) is 0 Å². The Hall–Kier alpha value is 0.0900. The number of carbonyl (C=O) groups excluding carboxylic acids is 1. The van der Waals surface area contributed by atoms with Gasteiger partial charge in [0, 0.05) is 11.1 Å². The Kier molecular flexibility index (Phi) is 3.80. The van der Waals surface area contributed by atoms with Crippen LogP contribution in [-0.4, -0.2) is 24.7 Å². The summed E-state index contributed by atoms with van der Waals surface area (Å²) in [4.78, 5) is 12.9. The molecule has 3 rings (SSSR count). The summed E-state index contributed by atoms with van der Waals surface area (Å²) in [6.07, 6.45) is 3.65. The highest BCUT2D eigenvalue weighted by atomic mass is 79.9. The number of nitrogens with one attached hydrogen (secondary N) is 1. The van der Waals surface area contributed by atoms with Gasteiger partial charge in [-0.3, -0.25) is 4.79 Å². The number of hydrogen-bond donors (Lipinski definition) is 1. The van der Waals surface area contributed by atoms with Crippen LogP contribution in [0, 0.1) is 5.92 Å². The van der Waals surface area contributed by atoms with Gasteiger partial charge in [0.1, 0.15) is 0 Å². The van der Waals surface area contributed by atoms with Gasteiger partial charge < -0.3 is 10.1 Å². The Morgan fingerprint density at radius 1 is 1.39 bits per heavy atom. The first-order valence-corrected chi connectivity index (χ1v) is 8.42. The van der Waals surface area contributed by atoms with Gasteiger partial charge in [-0.05, 0) is 63.1 Å². The minimum Gasteiger partial charge on any atom is -0.376 e. The topological polar surface area (TPSA) is 38.3 Å². The standard InChI is InChI=1S/C12H13Br2NO2S/c13-7-5-9(18-11(7)14)12(16)15-8-3-4-17-10(8)6-1-2-6/h5-6,8,10H,1-4H2,(H,15,16). The van der Waals surface area contributed by atoms with E-state index in [-0.39, 0.29) is 18.1 Å². The number of carbonyl (C=O) groups is 1. The van der Waals surface area contributed by atoms with Crippen LogP contribution in [0.15, 0.2) is 14.3 Å². The van der Waals surface area contributed by atoms with Crippen molar-refractivity contribution in [1.82, 2.24) is 5.32 Å². The van der Waals surface area contributed by atoms with Crippen molar-refractivity contribution in [3.05, 3.63) is 19.2 Å². The lowest BCUT2D eigenvalue weighted by atomic mass is 10.1. The van der Waals surface area contributed by atoms with Crippen LogP contribution >= 0.6 is 43.2 Å². The lowest BCUT2D eigenvalue weighted by molar-refractivity contribution is 0.0731. The molecule has 2 fully saturated rings. The molecule has 0 spiro atoms. The average Bonchev–Trinajstić information content (AvgIpc) is 2.99. The SMILES string of the molecule is O=C(NC1CCOC1C1CC1)c1cc(Br)c(Br)s1. The molecule has 1 N–H and O–H groups in total. The lowest BCUT2D eigenvalue weighted by Gasteiger charge is -2.18. The second kappa shape index (κ2) is 5.23. The summed E-state index contributed by atoms with van der Waals surface area (Å²) in [5, 5.41) is 3.11. The van der Waals surface area contributed by atoms with Gasteiger partial charge >= 0.3 is 0 Å². The maximum atomic E-state index is 12.2. The minimum absolute atomic E-state index is 0.00699. The van der Waals surface area contributed by atoms with Crippen LogP contribution in [0.5, 0.6) is 0 Å². The van der Waals surface area contributed by atoms with Crippen LogP contribution in [0.1, 0.15) is 28.9 Å². The van der Waals surface area contributed by atoms with Gasteiger partial charge in [0.25, 0.3) is 5.91 Å². The molecule has 0 bridgehead atoms. The fraction of sp³-hybridized carbons (Fsp3) is 0.583. The third-order valence-corrected chi connectivity index (χ3v) is 6.66. The van der Waals surface area contributed by atoms with Crippen LogP contribution in [0.4, 0.5) is 0 Å². The maximum Gasteiger partial charge on any atom is 0.261 e. The summed E-state index contributed by atoms with van der Waals surface area (Å²) >= 11 is 8.26. The molecule has 1 saturated carbocycles. The van der Waals surface area contributed by atoms with E-state index in [2.05, 4.69) is 37.2 Å². The predicted octanol–water partition coefficient (Wildman–Crippen LogP) is 3.57. The molecule has 0 aromatic carbocycles. The fourth-order valence-electron chi connectivity index (χ4n) is 2.35. The van der Waals surface area contributed by atoms with Crippen molar-refractivity contribution in [2.24, 2.45) is 5.92 Å². The van der Waals surface area contributed by atoms with Crippen LogP contribution in [0.2, 0.25) is 0 Å². The third kappa shape index (κ3) is 2.66. The number of thiophene rings is 1. The molecule has 2 atom stereocenters. The molecule has 1 saturated heterocycles. The summed E-state index contributed by atoms with van der Waals surface area (Å²) in [5.41, 5.74) is 0. The van der Waals surface area contributed by atoms with Gasteiger partial charge in [-0.25, -0.2) is 0 Å². The molecule has 1 aliphatic heterocycles. The van der Waals surface area contributed by atoms with Crippen LogP contribution < -0.4 is 5.32 Å². The Labute approximate surface area is 127 Å². The van der Waals surface area contributed by atoms with E-state index >= 15 is 0 Å². The number of hydrogen-bond acceptors (Lipinski definition) is 3. The zero-order valence-corrected chi connectivity index (χ0v) is 13.6. The van der Waals surface area contributed by atoms with Gasteiger partial charge in [0.15, 0.2) is 0 Å². The van der Waals surface area contributed by atoms with Crippen molar-refractivity contribution in [3.63, 3.8) is 0 Å². The molecule has 1 aliphatic carbocycles. The Bertz CT molecular complexity index is 453. The van der Waals surface area contributed by atoms with Gasteiger partial charge in [0.2, 0.25) is 0 Å². The average molecular weight is 395 g/mol. The molecular formula is C12H13Br2NO2S. The highest BCUT2D eigenvalue weighted by Crippen LogP contribution is 2.39. The van der Waals surface area contributed by atoms with E-state index in [0.29, 0.717) is 5.92 Å². The first-order valence-electron chi connectivity index (χ1n) is 6.02. The summed E-state index contributed by atoms with van der Waals surface area (Å²) in [5.74, 6) is 0.673. The molecule has 18 heavy (non-hydrogen) atoms. The minimum atomic E-state index is 0.00699. The van der Waals surface area contributed by atoms with Gasteiger partial charge in [-0.2, -0.15) is 0 Å². The van der Waals surface area contributed by atoms with Crippen molar-refractivity contribution < 1.29 is 9.53 Å². The summed E-state index contributed by atoms with van der Waals surface area (Å²) in [7, 11) is 0. The predicted molar refractivity (Wildman–Crippen MR) is 78.1 cm³/mol. The smallest absolute Gasteiger partial charge is 0.261 e. The summed E-state index contributed by atoms with van der Waals surface area (Å²) in [6.45, 7) is 0.768. The van der Waals surface area contributed by atoms with Crippen LogP contribution in [0.3, 0.4) is 0 Å². The first kappa shape index (κ1) is 13.1. The van der Waals surface area contributed by atoms with Crippen molar-refractivity contribution in [3.8, 4) is 0 Å². The van der Waals surface area contributed by atoms with E-state index in [0.717, 1.165) is 26.2 Å². The number of amides is 1. The maximum absolute atomic E-state index is 12.2. The molecule has 2 unspecified atom stereocenters. The van der Waals surface area contributed by atoms with Gasteiger partial charge in [-0.1, -0.05) is 0 Å². The second-order valence-corrected chi connectivity index (χ2v) is 8.00. The Morgan fingerprint density at radius 2 is 2.17 bits per heavy atom. The van der Waals surface area contributed by atoms with Gasteiger partial charge in [-0.15, -0.1) is 11.3 Å². The summed E-state index contributed by atoms with van der Waals surface area (Å²) < 4.78 is 7.61. The monoisotopic (exact) mass is 393 g/mol. The number of ether oxygens (including phenoxy) is 1. The molecule has 6 heteroatoms. The highest BCUT2D eigenvalue weighted by molar-refractivity contribution is 9.13. The molecule has 98 valence electrons. The molecular weight excluding hydrogens is 382 g/mol. The molecule has 2 heterocycles. The van der Waals surface area contributed by atoms with Crippen LogP contribution in [0.25, 0.3) is 0 Å². The van der Waals surface area contributed by atoms with E-state index < -0.39 is 0 Å². The normalized spacial score (nSPS) is 27.4. The molecule has 1 aromatic heterocycles. The van der Waals surface area contributed by atoms with E-state index in [4.69, 9.17) is 4.74 Å². The van der Waals surface area contributed by atoms with E-state index in [9.17, 15) is 4.79 Å². The fourth-order valence-corrected chi connectivity index (χ4v) is 4.29. The number of rotatable bonds is 3. The molecule has 1 amide bonds.